The molecule has 232 valence electrons. The number of carbonyl (C=O) groups excluding carboxylic acids is 1. The maximum Gasteiger partial charge on any atom is 0.490 e. The van der Waals surface area contributed by atoms with Crippen molar-refractivity contribution in [1.82, 2.24) is 20.2 Å². The average molecular weight is 607 g/mol. The number of rotatable bonds is 7. The third-order valence-electron chi connectivity index (χ3n) is 5.91. The predicted octanol–water partition coefficient (Wildman–Crippen LogP) is 1.31. The maximum atomic E-state index is 13.0. The van der Waals surface area contributed by atoms with Gasteiger partial charge in [-0.05, 0) is 18.8 Å². The lowest BCUT2D eigenvalue weighted by Gasteiger charge is -2.55. The summed E-state index contributed by atoms with van der Waals surface area (Å²) in [6, 6.07) is -0.260. The molecular formula is C22H28F7N5O7. The Labute approximate surface area is 228 Å². The molecule has 3 heterocycles. The molecule has 1 aromatic rings. The Morgan fingerprint density at radius 1 is 1.05 bits per heavy atom. The quantitative estimate of drug-likeness (QED) is 0.304. The number of amides is 1. The number of anilines is 1. The first-order valence-corrected chi connectivity index (χ1v) is 11.9. The van der Waals surface area contributed by atoms with Gasteiger partial charge in [0.2, 0.25) is 11.9 Å². The van der Waals surface area contributed by atoms with Crippen LogP contribution in [-0.4, -0.2) is 120 Å². The molecule has 1 spiro atoms. The summed E-state index contributed by atoms with van der Waals surface area (Å²) in [5.74, 6) is -4.76. The lowest BCUT2D eigenvalue weighted by molar-refractivity contribution is -0.193. The van der Waals surface area contributed by atoms with Crippen LogP contribution in [0, 0.1) is 11.7 Å². The van der Waals surface area contributed by atoms with Crippen molar-refractivity contribution < 1.29 is 64.8 Å². The van der Waals surface area contributed by atoms with E-state index in [0.717, 1.165) is 6.54 Å². The summed E-state index contributed by atoms with van der Waals surface area (Å²) in [6.07, 6.45) is -5.35. The van der Waals surface area contributed by atoms with E-state index in [9.17, 15) is 35.5 Å². The Morgan fingerprint density at radius 2 is 1.56 bits per heavy atom. The second-order valence-electron chi connectivity index (χ2n) is 9.33. The van der Waals surface area contributed by atoms with Crippen LogP contribution < -0.4 is 10.2 Å². The maximum absolute atomic E-state index is 13.0. The van der Waals surface area contributed by atoms with Crippen molar-refractivity contribution in [2.75, 3.05) is 57.9 Å². The average Bonchev–Trinajstić information content (AvgIpc) is 3.67. The van der Waals surface area contributed by atoms with E-state index >= 15 is 0 Å². The molecule has 1 amide bonds. The molecule has 3 N–H and O–H groups in total. The summed E-state index contributed by atoms with van der Waals surface area (Å²) in [5, 5.41) is 17.2. The monoisotopic (exact) mass is 607 g/mol. The first kappa shape index (κ1) is 33.9. The molecule has 12 nitrogen and oxygen atoms in total. The van der Waals surface area contributed by atoms with Gasteiger partial charge in [-0.3, -0.25) is 9.69 Å². The van der Waals surface area contributed by atoms with Crippen LogP contribution >= 0.6 is 0 Å². The van der Waals surface area contributed by atoms with Crippen LogP contribution in [0.3, 0.4) is 0 Å². The molecule has 1 atom stereocenters. The highest BCUT2D eigenvalue weighted by Crippen LogP contribution is 2.36. The van der Waals surface area contributed by atoms with Gasteiger partial charge in [-0.15, -0.1) is 0 Å². The number of carbonyl (C=O) groups is 3. The molecule has 1 aromatic heterocycles. The van der Waals surface area contributed by atoms with Crippen molar-refractivity contribution in [3.05, 3.63) is 18.2 Å². The van der Waals surface area contributed by atoms with Crippen molar-refractivity contribution in [1.29, 1.82) is 0 Å². The number of aliphatic carboxylic acids is 2. The van der Waals surface area contributed by atoms with Gasteiger partial charge in [-0.1, -0.05) is 0 Å². The number of alkyl halides is 6. The van der Waals surface area contributed by atoms with Gasteiger partial charge >= 0.3 is 24.3 Å². The van der Waals surface area contributed by atoms with Gasteiger partial charge in [-0.25, -0.2) is 23.9 Å². The molecule has 0 radical (unpaired) electrons. The lowest BCUT2D eigenvalue weighted by Crippen LogP contribution is -2.73. The van der Waals surface area contributed by atoms with Crippen LogP contribution in [0.4, 0.5) is 36.7 Å². The summed E-state index contributed by atoms with van der Waals surface area (Å²) >= 11 is 0. The normalized spacial score (nSPS) is 20.1. The first-order valence-electron chi connectivity index (χ1n) is 11.9. The molecule has 0 bridgehead atoms. The van der Waals surface area contributed by atoms with Crippen LogP contribution in [0.1, 0.15) is 12.8 Å². The topological polar surface area (TPSA) is 154 Å². The van der Waals surface area contributed by atoms with Crippen molar-refractivity contribution in [2.24, 2.45) is 5.92 Å². The molecular weight excluding hydrogens is 579 g/mol. The molecule has 3 fully saturated rings. The Morgan fingerprint density at radius 3 is 2.00 bits per heavy atom. The van der Waals surface area contributed by atoms with E-state index in [1.54, 1.807) is 7.11 Å². The molecule has 2 saturated heterocycles. The molecule has 2 aliphatic heterocycles. The number of carboxylic acids is 2. The minimum absolute atomic E-state index is 0.000553. The zero-order valence-electron chi connectivity index (χ0n) is 21.5. The molecule has 1 aliphatic carbocycles. The summed E-state index contributed by atoms with van der Waals surface area (Å²) in [5.41, 5.74) is -0.310. The minimum atomic E-state index is -5.08. The fourth-order valence-electron chi connectivity index (χ4n) is 3.80. The number of carboxylic acid groups (broad SMARTS) is 2. The van der Waals surface area contributed by atoms with Crippen LogP contribution in [-0.2, 0) is 23.9 Å². The summed E-state index contributed by atoms with van der Waals surface area (Å²) in [7, 11) is 1.62. The number of nitrogens with one attached hydrogen (secondary N) is 1. The fourth-order valence-corrected chi connectivity index (χ4v) is 3.80. The molecule has 3 aliphatic rings. The molecule has 41 heavy (non-hydrogen) atoms. The van der Waals surface area contributed by atoms with E-state index in [4.69, 9.17) is 29.3 Å². The van der Waals surface area contributed by atoms with Crippen LogP contribution in [0.2, 0.25) is 0 Å². The molecule has 19 heteroatoms. The van der Waals surface area contributed by atoms with Gasteiger partial charge in [0.15, 0.2) is 5.82 Å². The second-order valence-corrected chi connectivity index (χ2v) is 9.33. The van der Waals surface area contributed by atoms with Gasteiger partial charge in [0.1, 0.15) is 11.6 Å². The van der Waals surface area contributed by atoms with Gasteiger partial charge in [0.25, 0.3) is 0 Å². The first-order chi connectivity index (χ1) is 19.0. The Balaban J connectivity index is 0.000000349. The zero-order chi connectivity index (χ0) is 31.0. The van der Waals surface area contributed by atoms with E-state index in [0.29, 0.717) is 51.3 Å². The van der Waals surface area contributed by atoms with Crippen LogP contribution in [0.5, 0.6) is 0 Å². The largest absolute Gasteiger partial charge is 0.490 e. The van der Waals surface area contributed by atoms with Crippen LogP contribution in [0.25, 0.3) is 0 Å². The van der Waals surface area contributed by atoms with Crippen molar-refractivity contribution in [3.8, 4) is 0 Å². The fraction of sp³-hybridized carbons (Fsp3) is 0.682. The molecule has 4 rings (SSSR count). The number of ether oxygens (including phenoxy) is 2. The number of methoxy groups -OCH3 is 1. The highest BCUT2D eigenvalue weighted by molar-refractivity contribution is 5.82. The zero-order valence-corrected chi connectivity index (χ0v) is 21.5. The smallest absolute Gasteiger partial charge is 0.475 e. The molecule has 1 unspecified atom stereocenters. The van der Waals surface area contributed by atoms with Gasteiger partial charge in [0, 0.05) is 26.7 Å². The third kappa shape index (κ3) is 10.9. The number of hydrogen-bond donors (Lipinski definition) is 3. The predicted molar refractivity (Wildman–Crippen MR) is 123 cm³/mol. The second kappa shape index (κ2) is 14.0. The molecule has 0 aromatic carbocycles. The van der Waals surface area contributed by atoms with Crippen molar-refractivity contribution in [2.45, 2.75) is 36.8 Å². The Hall–Kier alpha value is -3.32. The Kier molecular flexibility index (Phi) is 11.6. The van der Waals surface area contributed by atoms with Gasteiger partial charge in [-0.2, -0.15) is 26.3 Å². The number of nitrogens with zero attached hydrogens (tertiary/aromatic N) is 4. The summed E-state index contributed by atoms with van der Waals surface area (Å²) in [6.45, 7) is 4.33. The van der Waals surface area contributed by atoms with E-state index in [1.807, 2.05) is 4.90 Å². The van der Waals surface area contributed by atoms with E-state index < -0.39 is 30.1 Å². The number of aromatic nitrogens is 2. The van der Waals surface area contributed by atoms with E-state index in [2.05, 4.69) is 20.2 Å². The SMILES string of the molecule is COCCNC(=O)C1COC2(CN(c3ncc(F)cn3)C2)CN1CC1CC1.O=C(O)C(F)(F)F.O=C(O)C(F)(F)F. The highest BCUT2D eigenvalue weighted by Gasteiger charge is 2.52. The van der Waals surface area contributed by atoms with E-state index in [1.165, 1.54) is 25.2 Å². The standard InChI is InChI=1S/C18H26FN5O3.2C2HF3O2/c1-26-5-4-20-16(25)15-9-27-18(10-23(15)8-13-2-3-13)11-24(12-18)17-21-6-14(19)7-22-17;2*3-2(4,5)1(6)7/h6-7,13,15H,2-5,8-12H2,1H3,(H,20,25);2*(H,6,7). The summed E-state index contributed by atoms with van der Waals surface area (Å²) in [4.78, 5) is 42.7. The number of hydrogen-bond acceptors (Lipinski definition) is 9. The van der Waals surface area contributed by atoms with Crippen molar-refractivity contribution >= 4 is 23.8 Å². The van der Waals surface area contributed by atoms with Gasteiger partial charge in [0.05, 0.1) is 38.7 Å². The Bertz CT molecular complexity index is 1010. The third-order valence-corrected chi connectivity index (χ3v) is 5.91. The van der Waals surface area contributed by atoms with E-state index in [-0.39, 0.29) is 17.6 Å². The van der Waals surface area contributed by atoms with Crippen molar-refractivity contribution in [3.63, 3.8) is 0 Å². The minimum Gasteiger partial charge on any atom is -0.475 e. The molecule has 1 saturated carbocycles. The van der Waals surface area contributed by atoms with Gasteiger partial charge < -0.3 is 29.9 Å². The number of morpholine rings is 1. The summed E-state index contributed by atoms with van der Waals surface area (Å²) < 4.78 is 87.6. The number of halogens is 7. The lowest BCUT2D eigenvalue weighted by atomic mass is 9.90. The highest BCUT2D eigenvalue weighted by atomic mass is 19.4. The van der Waals surface area contributed by atoms with Crippen LogP contribution in [0.15, 0.2) is 12.4 Å².